The van der Waals surface area contributed by atoms with Gasteiger partial charge in [-0.15, -0.1) is 0 Å². The molecule has 0 radical (unpaired) electrons. The summed E-state index contributed by atoms with van der Waals surface area (Å²) in [6.45, 7) is 3.84. The van der Waals surface area contributed by atoms with Gasteiger partial charge < -0.3 is 9.47 Å². The van der Waals surface area contributed by atoms with E-state index in [1.165, 1.54) is 0 Å². The molecule has 3 aliphatic rings. The van der Waals surface area contributed by atoms with E-state index in [2.05, 4.69) is 13.0 Å². The predicted molar refractivity (Wildman–Crippen MR) is 79.4 cm³/mol. The average Bonchev–Trinajstić information content (AvgIpc) is 2.74. The Bertz CT molecular complexity index is 696. The lowest BCUT2D eigenvalue weighted by Crippen LogP contribution is -2.63. The molecule has 6 heteroatoms. The summed E-state index contributed by atoms with van der Waals surface area (Å²) >= 11 is 0. The van der Waals surface area contributed by atoms with E-state index < -0.39 is 28.6 Å². The second kappa shape index (κ2) is 4.82. The fourth-order valence-corrected chi connectivity index (χ4v) is 4.41. The van der Waals surface area contributed by atoms with Gasteiger partial charge in [-0.2, -0.15) is 15.8 Å². The van der Waals surface area contributed by atoms with Crippen LogP contribution in [0.15, 0.2) is 12.2 Å². The summed E-state index contributed by atoms with van der Waals surface area (Å²) in [7, 11) is 0. The summed E-state index contributed by atoms with van der Waals surface area (Å²) in [6, 6.07) is 6.18. The molecule has 0 aromatic rings. The Morgan fingerprint density at radius 3 is 2.52 bits per heavy atom. The van der Waals surface area contributed by atoms with Crippen LogP contribution < -0.4 is 0 Å². The van der Waals surface area contributed by atoms with Crippen LogP contribution in [0.5, 0.6) is 0 Å². The van der Waals surface area contributed by atoms with Crippen LogP contribution in [0.25, 0.3) is 0 Å². The first-order valence-electron chi connectivity index (χ1n) is 7.78. The number of rotatable bonds is 1. The van der Waals surface area contributed by atoms with E-state index in [1.807, 2.05) is 12.1 Å². The number of allylic oxidation sites excluding steroid dienone is 1. The zero-order valence-corrected chi connectivity index (χ0v) is 13.2. The Kier molecular flexibility index (Phi) is 3.25. The van der Waals surface area contributed by atoms with E-state index in [4.69, 9.17) is 14.9 Å². The van der Waals surface area contributed by atoms with Crippen molar-refractivity contribution in [2.45, 2.75) is 45.0 Å². The standard InChI is InChI=1S/C17H18N4O2/c1-3-4-13-15(8-18,9-19)16(10-20)12-7-11(2)5-6-17(12,22-13)23-14(16)21/h3-4,11-13,21H,5-7H2,1-2H3. The van der Waals surface area contributed by atoms with Gasteiger partial charge >= 0.3 is 0 Å². The first-order chi connectivity index (χ1) is 11.0. The topological polar surface area (TPSA) is 114 Å². The highest BCUT2D eigenvalue weighted by atomic mass is 16.7. The molecule has 0 spiro atoms. The molecule has 118 valence electrons. The maximum absolute atomic E-state index is 9.99. The van der Waals surface area contributed by atoms with Crippen LogP contribution in [0.2, 0.25) is 0 Å². The number of ether oxygens (including phenoxy) is 2. The monoisotopic (exact) mass is 310 g/mol. The van der Waals surface area contributed by atoms with Crippen molar-refractivity contribution in [3.8, 4) is 18.2 Å². The van der Waals surface area contributed by atoms with Gasteiger partial charge in [0.05, 0.1) is 24.1 Å². The van der Waals surface area contributed by atoms with Gasteiger partial charge in [-0.1, -0.05) is 19.1 Å². The molecule has 3 rings (SSSR count). The van der Waals surface area contributed by atoms with Gasteiger partial charge in [0.25, 0.3) is 0 Å². The Balaban J connectivity index is 2.30. The van der Waals surface area contributed by atoms with E-state index in [-0.39, 0.29) is 5.90 Å². The first-order valence-corrected chi connectivity index (χ1v) is 7.78. The maximum atomic E-state index is 9.99. The van der Waals surface area contributed by atoms with Crippen molar-refractivity contribution in [1.29, 1.82) is 21.2 Å². The van der Waals surface area contributed by atoms with Crippen LogP contribution in [-0.4, -0.2) is 17.8 Å². The fraction of sp³-hybridized carbons (Fsp3) is 0.647. The van der Waals surface area contributed by atoms with Crippen LogP contribution in [0, 0.1) is 62.1 Å². The van der Waals surface area contributed by atoms with Gasteiger partial charge in [0.1, 0.15) is 6.10 Å². The smallest absolute Gasteiger partial charge is 0.217 e. The molecule has 2 saturated heterocycles. The van der Waals surface area contributed by atoms with Gasteiger partial charge in [-0.3, -0.25) is 5.41 Å². The molecule has 1 aliphatic carbocycles. The maximum Gasteiger partial charge on any atom is 0.217 e. The zero-order chi connectivity index (χ0) is 16.9. The highest BCUT2D eigenvalue weighted by Crippen LogP contribution is 2.66. The predicted octanol–water partition coefficient (Wildman–Crippen LogP) is 2.64. The van der Waals surface area contributed by atoms with Crippen LogP contribution in [0.3, 0.4) is 0 Å². The lowest BCUT2D eigenvalue weighted by Gasteiger charge is -2.51. The summed E-state index contributed by atoms with van der Waals surface area (Å²) in [4.78, 5) is 0. The molecule has 2 bridgehead atoms. The van der Waals surface area contributed by atoms with Gasteiger partial charge in [-0.25, -0.2) is 0 Å². The van der Waals surface area contributed by atoms with Crippen molar-refractivity contribution in [3.63, 3.8) is 0 Å². The van der Waals surface area contributed by atoms with Gasteiger partial charge in [0, 0.05) is 6.42 Å². The quantitative estimate of drug-likeness (QED) is 0.748. The largest absolute Gasteiger partial charge is 0.447 e. The normalized spacial score (nSPS) is 43.8. The minimum atomic E-state index is -1.78. The summed E-state index contributed by atoms with van der Waals surface area (Å²) in [5, 5.41) is 38.0. The molecule has 6 nitrogen and oxygen atoms in total. The van der Waals surface area contributed by atoms with E-state index in [0.717, 1.165) is 6.42 Å². The van der Waals surface area contributed by atoms with Crippen molar-refractivity contribution in [2.75, 3.05) is 0 Å². The summed E-state index contributed by atoms with van der Waals surface area (Å²) in [5.74, 6) is -1.51. The lowest BCUT2D eigenvalue weighted by atomic mass is 9.51. The number of hydrogen-bond acceptors (Lipinski definition) is 6. The van der Waals surface area contributed by atoms with Crippen LogP contribution in [-0.2, 0) is 9.47 Å². The summed E-state index contributed by atoms with van der Waals surface area (Å²) < 4.78 is 11.9. The van der Waals surface area contributed by atoms with E-state index in [0.29, 0.717) is 18.8 Å². The third-order valence-electron chi connectivity index (χ3n) is 5.58. The molecular weight excluding hydrogens is 292 g/mol. The second-order valence-corrected chi connectivity index (χ2v) is 6.69. The Hall–Kier alpha value is -2.36. The van der Waals surface area contributed by atoms with Crippen molar-refractivity contribution < 1.29 is 9.47 Å². The summed E-state index contributed by atoms with van der Waals surface area (Å²) in [5.41, 5.74) is -3.37. The lowest BCUT2D eigenvalue weighted by molar-refractivity contribution is -0.284. The molecular formula is C17H18N4O2. The Labute approximate surface area is 135 Å². The molecule has 5 atom stereocenters. The minimum absolute atomic E-state index is 0.297. The molecule has 23 heavy (non-hydrogen) atoms. The van der Waals surface area contributed by atoms with Gasteiger partial charge in [-0.05, 0) is 25.7 Å². The van der Waals surface area contributed by atoms with E-state index >= 15 is 0 Å². The number of nitriles is 3. The van der Waals surface area contributed by atoms with E-state index in [1.54, 1.807) is 19.1 Å². The third-order valence-corrected chi connectivity index (χ3v) is 5.58. The number of nitrogens with zero attached hydrogens (tertiary/aromatic N) is 3. The molecule has 0 amide bonds. The van der Waals surface area contributed by atoms with Gasteiger partial charge in [0.15, 0.2) is 5.41 Å². The molecule has 5 unspecified atom stereocenters. The minimum Gasteiger partial charge on any atom is -0.447 e. The first kappa shape index (κ1) is 15.5. The van der Waals surface area contributed by atoms with Crippen molar-refractivity contribution >= 4 is 5.90 Å². The molecule has 3 fully saturated rings. The number of hydrogen-bond donors (Lipinski definition) is 1. The Morgan fingerprint density at radius 2 is 1.96 bits per heavy atom. The third kappa shape index (κ3) is 1.56. The van der Waals surface area contributed by atoms with Crippen LogP contribution in [0.1, 0.15) is 33.1 Å². The van der Waals surface area contributed by atoms with E-state index in [9.17, 15) is 15.8 Å². The van der Waals surface area contributed by atoms with Crippen molar-refractivity contribution in [2.24, 2.45) is 22.7 Å². The second-order valence-electron chi connectivity index (χ2n) is 6.69. The zero-order valence-electron chi connectivity index (χ0n) is 13.2. The molecule has 1 N–H and O–H groups in total. The van der Waals surface area contributed by atoms with Crippen molar-refractivity contribution in [1.82, 2.24) is 0 Å². The average molecular weight is 310 g/mol. The Morgan fingerprint density at radius 1 is 1.26 bits per heavy atom. The molecule has 1 saturated carbocycles. The molecule has 2 heterocycles. The summed E-state index contributed by atoms with van der Waals surface area (Å²) in [6.07, 6.45) is 4.45. The van der Waals surface area contributed by atoms with Crippen LogP contribution in [0.4, 0.5) is 0 Å². The number of nitrogens with one attached hydrogen (secondary N) is 1. The SMILES string of the molecule is CC=CC1OC23CCC(C)CC2C(C#N)(C(=N)O3)C1(C#N)C#N. The van der Waals surface area contributed by atoms with Gasteiger partial charge in [0.2, 0.25) is 17.1 Å². The molecule has 0 aromatic heterocycles. The highest BCUT2D eigenvalue weighted by molar-refractivity contribution is 5.89. The fourth-order valence-electron chi connectivity index (χ4n) is 4.41. The van der Waals surface area contributed by atoms with Crippen molar-refractivity contribution in [3.05, 3.63) is 12.2 Å². The van der Waals surface area contributed by atoms with Crippen LogP contribution >= 0.6 is 0 Å². The highest BCUT2D eigenvalue weighted by Gasteiger charge is 2.80. The molecule has 2 aliphatic heterocycles. The molecule has 0 aromatic carbocycles.